The molecule has 0 aliphatic heterocycles. The average Bonchev–Trinajstić information content (AvgIpc) is 2.68. The van der Waals surface area contributed by atoms with Crippen LogP contribution in [0.1, 0.15) is 10.4 Å². The average molecular weight is 329 g/mol. The van der Waals surface area contributed by atoms with E-state index < -0.39 is 0 Å². The fourth-order valence-electron chi connectivity index (χ4n) is 2.44. The predicted octanol–water partition coefficient (Wildman–Crippen LogP) is 5.17. The fourth-order valence-corrected chi connectivity index (χ4v) is 2.44. The number of nitrogens with one attached hydrogen (secondary N) is 1. The van der Waals surface area contributed by atoms with Gasteiger partial charge in [0.15, 0.2) is 0 Å². The van der Waals surface area contributed by atoms with Crippen LogP contribution >= 0.6 is 0 Å². The molecule has 25 heavy (non-hydrogen) atoms. The summed E-state index contributed by atoms with van der Waals surface area (Å²) in [5.41, 5.74) is 3.56. The van der Waals surface area contributed by atoms with Gasteiger partial charge in [-0.3, -0.25) is 4.79 Å². The van der Waals surface area contributed by atoms with Crippen molar-refractivity contribution in [2.45, 2.75) is 0 Å². The zero-order valence-electron chi connectivity index (χ0n) is 13.8. The van der Waals surface area contributed by atoms with Crippen molar-refractivity contribution < 1.29 is 9.53 Å². The van der Waals surface area contributed by atoms with Crippen molar-refractivity contribution in [1.29, 1.82) is 0 Å². The third-order valence-electron chi connectivity index (χ3n) is 3.73. The number of hydrogen-bond donors (Lipinski definition) is 1. The van der Waals surface area contributed by atoms with Crippen LogP contribution in [-0.4, -0.2) is 12.5 Å². The van der Waals surface area contributed by atoms with E-state index in [0.717, 1.165) is 22.6 Å². The number of carbonyl (C=O) groups excluding carboxylic acids is 1. The molecule has 0 saturated heterocycles. The number of hydrogen-bond acceptors (Lipinski definition) is 2. The second kappa shape index (κ2) is 7.97. The Bertz CT molecular complexity index is 837. The maximum atomic E-state index is 12.4. The van der Waals surface area contributed by atoms with Crippen molar-refractivity contribution in [3.8, 4) is 16.9 Å². The molecule has 0 aliphatic carbocycles. The number of anilines is 1. The van der Waals surface area contributed by atoms with E-state index >= 15 is 0 Å². The lowest BCUT2D eigenvalue weighted by atomic mass is 10.0. The molecule has 0 spiro atoms. The Labute approximate surface area is 147 Å². The molecule has 0 heterocycles. The van der Waals surface area contributed by atoms with Gasteiger partial charge in [-0.25, -0.2) is 0 Å². The molecule has 0 aliphatic rings. The molecule has 1 N–H and O–H groups in total. The summed E-state index contributed by atoms with van der Waals surface area (Å²) in [6.07, 6.45) is 1.69. The lowest BCUT2D eigenvalue weighted by Gasteiger charge is -2.08. The minimum Gasteiger partial charge on any atom is -0.490 e. The Morgan fingerprint density at radius 2 is 1.52 bits per heavy atom. The summed E-state index contributed by atoms with van der Waals surface area (Å²) >= 11 is 0. The van der Waals surface area contributed by atoms with Gasteiger partial charge in [0.05, 0.1) is 0 Å². The van der Waals surface area contributed by atoms with Crippen LogP contribution in [0.3, 0.4) is 0 Å². The van der Waals surface area contributed by atoms with E-state index in [1.165, 1.54) is 0 Å². The van der Waals surface area contributed by atoms with Gasteiger partial charge in [-0.15, -0.1) is 0 Å². The molecule has 3 rings (SSSR count). The SMILES string of the molecule is C=CCOc1ccc(NC(=O)c2ccc(-c3ccccc3)cc2)cc1. The lowest BCUT2D eigenvalue weighted by Crippen LogP contribution is -2.11. The van der Waals surface area contributed by atoms with Gasteiger partial charge >= 0.3 is 0 Å². The number of rotatable bonds is 6. The molecule has 3 aromatic rings. The number of amides is 1. The number of ether oxygens (including phenoxy) is 1. The van der Waals surface area contributed by atoms with E-state index in [4.69, 9.17) is 4.74 Å². The highest BCUT2D eigenvalue weighted by molar-refractivity contribution is 6.04. The molecule has 0 radical (unpaired) electrons. The Kier molecular flexibility index (Phi) is 5.27. The molecule has 124 valence electrons. The molecule has 0 saturated carbocycles. The molecule has 0 fully saturated rings. The maximum absolute atomic E-state index is 12.4. The first-order valence-corrected chi connectivity index (χ1v) is 8.07. The smallest absolute Gasteiger partial charge is 0.255 e. The predicted molar refractivity (Wildman–Crippen MR) is 102 cm³/mol. The third kappa shape index (κ3) is 4.36. The first-order chi connectivity index (χ1) is 12.3. The molecule has 0 atom stereocenters. The van der Waals surface area contributed by atoms with Crippen molar-refractivity contribution in [3.05, 3.63) is 97.1 Å². The third-order valence-corrected chi connectivity index (χ3v) is 3.73. The minimum atomic E-state index is -0.139. The zero-order chi connectivity index (χ0) is 17.5. The molecule has 3 nitrogen and oxygen atoms in total. The quantitative estimate of drug-likeness (QED) is 0.634. The van der Waals surface area contributed by atoms with E-state index in [1.807, 2.05) is 78.9 Å². The van der Waals surface area contributed by atoms with E-state index in [1.54, 1.807) is 6.08 Å². The van der Waals surface area contributed by atoms with Gasteiger partial charge in [0.1, 0.15) is 12.4 Å². The van der Waals surface area contributed by atoms with Gasteiger partial charge in [-0.2, -0.15) is 0 Å². The Balaban J connectivity index is 1.66. The van der Waals surface area contributed by atoms with E-state index in [0.29, 0.717) is 12.2 Å². The van der Waals surface area contributed by atoms with Gasteiger partial charge in [0, 0.05) is 11.3 Å². The normalized spacial score (nSPS) is 10.1. The fraction of sp³-hybridized carbons (Fsp3) is 0.0455. The highest BCUT2D eigenvalue weighted by Crippen LogP contribution is 2.20. The van der Waals surface area contributed by atoms with Gasteiger partial charge in [-0.1, -0.05) is 55.1 Å². The molecule has 3 heteroatoms. The topological polar surface area (TPSA) is 38.3 Å². The van der Waals surface area contributed by atoms with Crippen LogP contribution in [-0.2, 0) is 0 Å². The van der Waals surface area contributed by atoms with Crippen LogP contribution in [0.5, 0.6) is 5.75 Å². The standard InChI is InChI=1S/C22H19NO2/c1-2-16-25-21-14-12-20(13-15-21)23-22(24)19-10-8-18(9-11-19)17-6-4-3-5-7-17/h2-15H,1,16H2,(H,23,24). The molecule has 0 bridgehead atoms. The molecule has 0 aromatic heterocycles. The van der Waals surface area contributed by atoms with Gasteiger partial charge < -0.3 is 10.1 Å². The molecular weight excluding hydrogens is 310 g/mol. The van der Waals surface area contributed by atoms with Gasteiger partial charge in [-0.05, 0) is 47.5 Å². The minimum absolute atomic E-state index is 0.139. The van der Waals surface area contributed by atoms with Crippen LogP contribution in [0.15, 0.2) is 91.5 Å². The zero-order valence-corrected chi connectivity index (χ0v) is 13.8. The first-order valence-electron chi connectivity index (χ1n) is 8.07. The molecule has 3 aromatic carbocycles. The van der Waals surface area contributed by atoms with Crippen LogP contribution in [0, 0.1) is 0 Å². The summed E-state index contributed by atoms with van der Waals surface area (Å²) in [7, 11) is 0. The first kappa shape index (κ1) is 16.5. The van der Waals surface area contributed by atoms with Crippen LogP contribution in [0.4, 0.5) is 5.69 Å². The maximum Gasteiger partial charge on any atom is 0.255 e. The van der Waals surface area contributed by atoms with Crippen molar-refractivity contribution >= 4 is 11.6 Å². The molecule has 1 amide bonds. The lowest BCUT2D eigenvalue weighted by molar-refractivity contribution is 0.102. The van der Waals surface area contributed by atoms with Crippen molar-refractivity contribution in [2.75, 3.05) is 11.9 Å². The summed E-state index contributed by atoms with van der Waals surface area (Å²) in [5.74, 6) is 0.601. The molecular formula is C22H19NO2. The Morgan fingerprint density at radius 1 is 0.880 bits per heavy atom. The monoisotopic (exact) mass is 329 g/mol. The Hall–Kier alpha value is -3.33. The van der Waals surface area contributed by atoms with E-state index in [-0.39, 0.29) is 5.91 Å². The summed E-state index contributed by atoms with van der Waals surface area (Å²) < 4.78 is 5.42. The molecule has 0 unspecified atom stereocenters. The van der Waals surface area contributed by atoms with Crippen LogP contribution in [0.25, 0.3) is 11.1 Å². The second-order valence-electron chi connectivity index (χ2n) is 5.52. The van der Waals surface area contributed by atoms with Crippen molar-refractivity contribution in [2.24, 2.45) is 0 Å². The summed E-state index contributed by atoms with van der Waals surface area (Å²) in [6.45, 7) is 4.07. The van der Waals surface area contributed by atoms with Crippen molar-refractivity contribution in [3.63, 3.8) is 0 Å². The number of benzene rings is 3. The summed E-state index contributed by atoms with van der Waals surface area (Å²) in [6, 6.07) is 24.9. The summed E-state index contributed by atoms with van der Waals surface area (Å²) in [4.78, 5) is 12.4. The van der Waals surface area contributed by atoms with Crippen molar-refractivity contribution in [1.82, 2.24) is 0 Å². The van der Waals surface area contributed by atoms with E-state index in [9.17, 15) is 4.79 Å². The van der Waals surface area contributed by atoms with Crippen LogP contribution in [0.2, 0.25) is 0 Å². The highest BCUT2D eigenvalue weighted by atomic mass is 16.5. The second-order valence-corrected chi connectivity index (χ2v) is 5.52. The van der Waals surface area contributed by atoms with E-state index in [2.05, 4.69) is 11.9 Å². The highest BCUT2D eigenvalue weighted by Gasteiger charge is 2.07. The number of carbonyl (C=O) groups is 1. The van der Waals surface area contributed by atoms with Gasteiger partial charge in [0.2, 0.25) is 0 Å². The largest absolute Gasteiger partial charge is 0.490 e. The Morgan fingerprint density at radius 3 is 2.16 bits per heavy atom. The van der Waals surface area contributed by atoms with Crippen LogP contribution < -0.4 is 10.1 Å². The summed E-state index contributed by atoms with van der Waals surface area (Å²) in [5, 5.41) is 2.89. The van der Waals surface area contributed by atoms with Gasteiger partial charge in [0.25, 0.3) is 5.91 Å².